The molecule has 0 heterocycles. The molecule has 96 valence electrons. The summed E-state index contributed by atoms with van der Waals surface area (Å²) in [6, 6.07) is 0. The SMILES string of the molecule is CCCCCCCS(=O)(=O)O.CNC.F. The summed E-state index contributed by atoms with van der Waals surface area (Å²) in [5, 5.41) is 2.75. The van der Waals surface area contributed by atoms with E-state index >= 15 is 0 Å². The van der Waals surface area contributed by atoms with E-state index in [1.54, 1.807) is 0 Å². The number of halogens is 1. The molecule has 0 rings (SSSR count). The molecule has 0 aromatic heterocycles. The smallest absolute Gasteiger partial charge is 0.264 e. The maximum absolute atomic E-state index is 10.2. The molecule has 0 unspecified atom stereocenters. The maximum atomic E-state index is 10.2. The van der Waals surface area contributed by atoms with Gasteiger partial charge in [-0.2, -0.15) is 8.42 Å². The summed E-state index contributed by atoms with van der Waals surface area (Å²) in [5.74, 6) is -0.0866. The molecule has 0 saturated carbocycles. The van der Waals surface area contributed by atoms with Crippen molar-refractivity contribution < 1.29 is 17.7 Å². The van der Waals surface area contributed by atoms with Crippen molar-refractivity contribution in [2.24, 2.45) is 0 Å². The lowest BCUT2D eigenvalue weighted by Gasteiger charge is -1.96. The van der Waals surface area contributed by atoms with Crippen LogP contribution in [0.5, 0.6) is 0 Å². The number of hydrogen-bond donors (Lipinski definition) is 2. The predicted molar refractivity (Wildman–Crippen MR) is 62.7 cm³/mol. The highest BCUT2D eigenvalue weighted by Gasteiger charge is 2.02. The van der Waals surface area contributed by atoms with Crippen LogP contribution in [0.25, 0.3) is 0 Å². The summed E-state index contributed by atoms with van der Waals surface area (Å²) >= 11 is 0. The lowest BCUT2D eigenvalue weighted by molar-refractivity contribution is 0.479. The van der Waals surface area contributed by atoms with Crippen molar-refractivity contribution >= 4 is 10.1 Å². The standard InChI is InChI=1S/C7H16O3S.C2H7N.FH/c1-2-3-4-5-6-7-11(8,9)10;1-3-2;/h2-7H2,1H3,(H,8,9,10);3H,1-2H3;1H. The van der Waals surface area contributed by atoms with E-state index in [1.807, 2.05) is 14.1 Å². The summed E-state index contributed by atoms with van der Waals surface area (Å²) in [6.45, 7) is 2.10. The molecular weight excluding hydrogens is 221 g/mol. The highest BCUT2D eigenvalue weighted by atomic mass is 32.2. The fraction of sp³-hybridized carbons (Fsp3) is 1.00. The van der Waals surface area contributed by atoms with E-state index in [-0.39, 0.29) is 10.5 Å². The molecule has 0 aromatic carbocycles. The number of rotatable bonds is 6. The van der Waals surface area contributed by atoms with Crippen LogP contribution in [-0.2, 0) is 10.1 Å². The Morgan fingerprint density at radius 2 is 1.47 bits per heavy atom. The average molecular weight is 245 g/mol. The number of nitrogens with one attached hydrogen (secondary N) is 1. The molecule has 0 aliphatic carbocycles. The molecule has 0 aliphatic rings. The predicted octanol–water partition coefficient (Wildman–Crippen LogP) is 1.83. The fourth-order valence-corrected chi connectivity index (χ4v) is 1.46. The molecule has 0 spiro atoms. The van der Waals surface area contributed by atoms with Crippen LogP contribution in [0, 0.1) is 0 Å². The topological polar surface area (TPSA) is 66.4 Å². The van der Waals surface area contributed by atoms with Crippen molar-refractivity contribution in [2.75, 3.05) is 19.8 Å². The van der Waals surface area contributed by atoms with Gasteiger partial charge in [0.2, 0.25) is 0 Å². The normalized spacial score (nSPS) is 9.87. The monoisotopic (exact) mass is 245 g/mol. The molecule has 0 radical (unpaired) electrons. The first-order chi connectivity index (χ1) is 6.47. The Morgan fingerprint density at radius 1 is 1.07 bits per heavy atom. The lowest BCUT2D eigenvalue weighted by Crippen LogP contribution is -2.03. The molecule has 0 fully saturated rings. The Balaban J connectivity index is -0.000000320. The van der Waals surface area contributed by atoms with Crippen LogP contribution >= 0.6 is 0 Å². The highest BCUT2D eigenvalue weighted by Crippen LogP contribution is 2.03. The van der Waals surface area contributed by atoms with E-state index in [0.717, 1.165) is 25.7 Å². The minimum Gasteiger partial charge on any atom is -0.323 e. The van der Waals surface area contributed by atoms with Gasteiger partial charge in [0, 0.05) is 0 Å². The third kappa shape index (κ3) is 31.6. The molecular formula is C9H24FNO3S. The van der Waals surface area contributed by atoms with Gasteiger partial charge in [-0.25, -0.2) is 0 Å². The summed E-state index contributed by atoms with van der Waals surface area (Å²) in [5.41, 5.74) is 0. The Kier molecular flexibility index (Phi) is 18.6. The third-order valence-corrected chi connectivity index (χ3v) is 2.31. The van der Waals surface area contributed by atoms with Gasteiger partial charge in [0.05, 0.1) is 5.75 Å². The van der Waals surface area contributed by atoms with Crippen molar-refractivity contribution in [1.82, 2.24) is 5.32 Å². The molecule has 6 heteroatoms. The van der Waals surface area contributed by atoms with Crippen molar-refractivity contribution in [2.45, 2.75) is 39.0 Å². The molecule has 4 nitrogen and oxygen atoms in total. The minimum absolute atomic E-state index is 0. The first-order valence-corrected chi connectivity index (χ1v) is 6.62. The Morgan fingerprint density at radius 3 is 1.80 bits per heavy atom. The minimum atomic E-state index is -3.71. The highest BCUT2D eigenvalue weighted by molar-refractivity contribution is 7.85. The van der Waals surface area contributed by atoms with Crippen molar-refractivity contribution in [3.8, 4) is 0 Å². The van der Waals surface area contributed by atoms with E-state index in [9.17, 15) is 8.42 Å². The van der Waals surface area contributed by atoms with Crippen LogP contribution in [0.2, 0.25) is 0 Å². The zero-order valence-corrected chi connectivity index (χ0v) is 10.6. The Labute approximate surface area is 92.6 Å². The average Bonchev–Trinajstić information content (AvgIpc) is 2.03. The lowest BCUT2D eigenvalue weighted by atomic mass is 10.2. The Bertz CT molecular complexity index is 196. The quantitative estimate of drug-likeness (QED) is 0.553. The maximum Gasteiger partial charge on any atom is 0.264 e. The van der Waals surface area contributed by atoms with E-state index < -0.39 is 10.1 Å². The third-order valence-electron chi connectivity index (χ3n) is 1.51. The van der Waals surface area contributed by atoms with E-state index in [1.165, 1.54) is 0 Å². The summed E-state index contributed by atoms with van der Waals surface area (Å²) in [6.07, 6.45) is 4.83. The van der Waals surface area contributed by atoms with Crippen LogP contribution in [0.1, 0.15) is 39.0 Å². The van der Waals surface area contributed by atoms with Gasteiger partial charge >= 0.3 is 0 Å². The summed E-state index contributed by atoms with van der Waals surface area (Å²) in [7, 11) is 0.0387. The first-order valence-electron chi connectivity index (χ1n) is 5.01. The second kappa shape index (κ2) is 13.8. The fourth-order valence-electron chi connectivity index (χ4n) is 0.888. The van der Waals surface area contributed by atoms with E-state index in [2.05, 4.69) is 12.2 Å². The largest absolute Gasteiger partial charge is 0.323 e. The van der Waals surface area contributed by atoms with Crippen LogP contribution in [-0.4, -0.2) is 32.8 Å². The van der Waals surface area contributed by atoms with Crippen molar-refractivity contribution in [3.63, 3.8) is 0 Å². The van der Waals surface area contributed by atoms with E-state index in [0.29, 0.717) is 6.42 Å². The zero-order chi connectivity index (χ0) is 11.4. The molecule has 2 N–H and O–H groups in total. The Hall–Kier alpha value is -0.200. The van der Waals surface area contributed by atoms with Gasteiger partial charge in [-0.15, -0.1) is 0 Å². The summed E-state index contributed by atoms with van der Waals surface area (Å²) in [4.78, 5) is 0. The molecule has 15 heavy (non-hydrogen) atoms. The van der Waals surface area contributed by atoms with Crippen molar-refractivity contribution in [1.29, 1.82) is 0 Å². The van der Waals surface area contributed by atoms with Gasteiger partial charge in [-0.3, -0.25) is 9.26 Å². The molecule has 0 amide bonds. The molecule has 0 aromatic rings. The van der Waals surface area contributed by atoms with E-state index in [4.69, 9.17) is 4.55 Å². The first kappa shape index (κ1) is 20.2. The van der Waals surface area contributed by atoms with Gasteiger partial charge in [0.25, 0.3) is 10.1 Å². The molecule has 0 atom stereocenters. The number of hydrogen-bond acceptors (Lipinski definition) is 3. The van der Waals surface area contributed by atoms with Crippen LogP contribution in [0.3, 0.4) is 0 Å². The van der Waals surface area contributed by atoms with Gasteiger partial charge in [-0.05, 0) is 20.5 Å². The van der Waals surface area contributed by atoms with Crippen LogP contribution in [0.4, 0.5) is 4.70 Å². The molecule has 0 aliphatic heterocycles. The van der Waals surface area contributed by atoms with Crippen LogP contribution < -0.4 is 5.32 Å². The van der Waals surface area contributed by atoms with Crippen molar-refractivity contribution in [3.05, 3.63) is 0 Å². The van der Waals surface area contributed by atoms with Gasteiger partial charge < -0.3 is 5.32 Å². The zero-order valence-electron chi connectivity index (χ0n) is 9.82. The molecule has 0 bridgehead atoms. The second-order valence-corrected chi connectivity index (χ2v) is 4.77. The van der Waals surface area contributed by atoms with Gasteiger partial charge in [0.1, 0.15) is 0 Å². The number of unbranched alkanes of at least 4 members (excludes halogenated alkanes) is 4. The molecule has 0 saturated heterocycles. The van der Waals surface area contributed by atoms with Gasteiger partial charge in [0.15, 0.2) is 0 Å². The van der Waals surface area contributed by atoms with Crippen LogP contribution in [0.15, 0.2) is 0 Å². The van der Waals surface area contributed by atoms with Gasteiger partial charge in [-0.1, -0.05) is 32.6 Å². The summed E-state index contributed by atoms with van der Waals surface area (Å²) < 4.78 is 28.8. The second-order valence-electron chi connectivity index (χ2n) is 3.20.